The van der Waals surface area contributed by atoms with Crippen molar-refractivity contribution in [3.05, 3.63) is 103 Å². The van der Waals surface area contributed by atoms with E-state index in [1.165, 1.54) is 22.5 Å². The van der Waals surface area contributed by atoms with E-state index in [0.717, 1.165) is 5.69 Å². The van der Waals surface area contributed by atoms with Gasteiger partial charge in [-0.2, -0.15) is 0 Å². The number of nitrogens with zero attached hydrogens (tertiary/aromatic N) is 2. The van der Waals surface area contributed by atoms with Crippen LogP contribution < -0.4 is 0 Å². The zero-order valence-electron chi connectivity index (χ0n) is 14.9. The fourth-order valence-corrected chi connectivity index (χ4v) is 3.58. The van der Waals surface area contributed by atoms with Gasteiger partial charge in [0.25, 0.3) is 0 Å². The second-order valence-electron chi connectivity index (χ2n) is 6.40. The van der Waals surface area contributed by atoms with E-state index in [2.05, 4.69) is 108 Å². The molecule has 1 atom stereocenters. The summed E-state index contributed by atoms with van der Waals surface area (Å²) >= 11 is 0. The minimum Gasteiger partial charge on any atom is -0.339 e. The largest absolute Gasteiger partial charge is 0.339 e. The van der Waals surface area contributed by atoms with Crippen molar-refractivity contribution < 1.29 is 0 Å². The molecule has 26 heavy (non-hydrogen) atoms. The highest BCUT2D eigenvalue weighted by Gasteiger charge is 2.17. The van der Waals surface area contributed by atoms with Gasteiger partial charge in [-0.3, -0.25) is 0 Å². The van der Waals surface area contributed by atoms with Crippen LogP contribution in [0.2, 0.25) is 0 Å². The number of benzene rings is 2. The molecule has 2 nitrogen and oxygen atoms in total. The maximum Gasteiger partial charge on any atom is 0.0712 e. The first-order chi connectivity index (χ1) is 12.8. The number of hydrogen-bond donors (Lipinski definition) is 0. The van der Waals surface area contributed by atoms with Gasteiger partial charge in [0.2, 0.25) is 0 Å². The van der Waals surface area contributed by atoms with E-state index in [1.54, 1.807) is 0 Å². The number of rotatable bonds is 5. The van der Waals surface area contributed by atoms with Crippen LogP contribution >= 0.6 is 0 Å². The summed E-state index contributed by atoms with van der Waals surface area (Å²) in [7, 11) is 0. The minimum atomic E-state index is 0.190. The number of hydrogen-bond acceptors (Lipinski definition) is 0. The van der Waals surface area contributed by atoms with Crippen molar-refractivity contribution in [3.8, 4) is 22.5 Å². The molecule has 0 aliphatic heterocycles. The zero-order valence-corrected chi connectivity index (χ0v) is 14.9. The molecular formula is C24H22N2. The minimum absolute atomic E-state index is 0.190. The van der Waals surface area contributed by atoms with Gasteiger partial charge < -0.3 is 9.13 Å². The van der Waals surface area contributed by atoms with Gasteiger partial charge in [0.1, 0.15) is 0 Å². The summed E-state index contributed by atoms with van der Waals surface area (Å²) in [6.07, 6.45) is 4.05. The third-order valence-electron chi connectivity index (χ3n) is 4.90. The molecule has 0 radical (unpaired) electrons. The third-order valence-corrected chi connectivity index (χ3v) is 4.90. The Morgan fingerprint density at radius 2 is 1.35 bits per heavy atom. The molecule has 0 aliphatic rings. The summed E-state index contributed by atoms with van der Waals surface area (Å²) < 4.78 is 4.51. The summed E-state index contributed by atoms with van der Waals surface area (Å²) in [6, 6.07) is 29.8. The maximum atomic E-state index is 4.05. The van der Waals surface area contributed by atoms with E-state index in [9.17, 15) is 0 Å². The maximum absolute atomic E-state index is 4.05. The molecule has 4 aromatic rings. The van der Waals surface area contributed by atoms with Crippen LogP contribution in [-0.2, 0) is 0 Å². The van der Waals surface area contributed by atoms with Gasteiger partial charge in [-0.15, -0.1) is 0 Å². The molecule has 0 bridgehead atoms. The van der Waals surface area contributed by atoms with Crippen LogP contribution in [0.25, 0.3) is 28.7 Å². The van der Waals surface area contributed by atoms with Crippen LogP contribution in [0.3, 0.4) is 0 Å². The van der Waals surface area contributed by atoms with E-state index in [-0.39, 0.29) is 6.04 Å². The summed E-state index contributed by atoms with van der Waals surface area (Å²) in [5.41, 5.74) is 6.02. The van der Waals surface area contributed by atoms with Gasteiger partial charge in [-0.1, -0.05) is 67.2 Å². The summed E-state index contributed by atoms with van der Waals surface area (Å²) in [5.74, 6) is 0. The molecule has 0 aliphatic carbocycles. The molecule has 1 unspecified atom stereocenters. The first-order valence-corrected chi connectivity index (χ1v) is 8.91. The average Bonchev–Trinajstić information content (AvgIpc) is 3.36. The van der Waals surface area contributed by atoms with Gasteiger partial charge in [-0.05, 0) is 42.3 Å². The van der Waals surface area contributed by atoms with Gasteiger partial charge >= 0.3 is 0 Å². The molecule has 0 N–H and O–H groups in total. The van der Waals surface area contributed by atoms with Crippen LogP contribution in [-0.4, -0.2) is 9.13 Å². The van der Waals surface area contributed by atoms with Crippen LogP contribution in [0, 0.1) is 0 Å². The van der Waals surface area contributed by atoms with Crippen molar-refractivity contribution >= 4 is 6.20 Å². The second kappa shape index (κ2) is 6.93. The summed E-state index contributed by atoms with van der Waals surface area (Å²) in [6.45, 7) is 6.28. The zero-order chi connectivity index (χ0) is 17.9. The molecule has 0 spiro atoms. The van der Waals surface area contributed by atoms with Crippen molar-refractivity contribution in [3.63, 3.8) is 0 Å². The van der Waals surface area contributed by atoms with Crippen LogP contribution in [0.4, 0.5) is 0 Å². The predicted octanol–water partition coefficient (Wildman–Crippen LogP) is 6.33. The highest BCUT2D eigenvalue weighted by molar-refractivity contribution is 5.64. The predicted molar refractivity (Wildman–Crippen MR) is 110 cm³/mol. The SMILES string of the molecule is C=Cn1c(-c2ccccc2)ccc1C(C)n1cccc1-c1ccccc1. The Hall–Kier alpha value is -3.26. The molecule has 2 aromatic heterocycles. The van der Waals surface area contributed by atoms with Crippen LogP contribution in [0.15, 0.2) is 97.7 Å². The molecule has 2 heteroatoms. The molecule has 0 fully saturated rings. The average molecular weight is 338 g/mol. The molecular weight excluding hydrogens is 316 g/mol. The lowest BCUT2D eigenvalue weighted by Crippen LogP contribution is -2.10. The Bertz CT molecular complexity index is 1010. The van der Waals surface area contributed by atoms with E-state index in [4.69, 9.17) is 0 Å². The normalized spacial score (nSPS) is 12.0. The van der Waals surface area contributed by atoms with Crippen molar-refractivity contribution in [1.82, 2.24) is 9.13 Å². The van der Waals surface area contributed by atoms with Crippen LogP contribution in [0.5, 0.6) is 0 Å². The smallest absolute Gasteiger partial charge is 0.0712 e. The van der Waals surface area contributed by atoms with Gasteiger partial charge in [0.05, 0.1) is 11.7 Å². The Labute approximate surface area is 154 Å². The molecule has 0 saturated heterocycles. The van der Waals surface area contributed by atoms with Crippen LogP contribution in [0.1, 0.15) is 18.7 Å². The Balaban J connectivity index is 1.77. The fourth-order valence-electron chi connectivity index (χ4n) is 3.58. The van der Waals surface area contributed by atoms with Crippen molar-refractivity contribution in [2.75, 3.05) is 0 Å². The lowest BCUT2D eigenvalue weighted by molar-refractivity contribution is 0.623. The highest BCUT2D eigenvalue weighted by Crippen LogP contribution is 2.31. The lowest BCUT2D eigenvalue weighted by atomic mass is 10.1. The van der Waals surface area contributed by atoms with Crippen molar-refractivity contribution in [2.24, 2.45) is 0 Å². The first kappa shape index (κ1) is 16.2. The molecule has 2 aromatic carbocycles. The quantitative estimate of drug-likeness (QED) is 0.402. The first-order valence-electron chi connectivity index (χ1n) is 8.91. The van der Waals surface area contributed by atoms with Gasteiger partial charge in [0.15, 0.2) is 0 Å². The van der Waals surface area contributed by atoms with E-state index < -0.39 is 0 Å². The van der Waals surface area contributed by atoms with Gasteiger partial charge in [0, 0.05) is 23.8 Å². The van der Waals surface area contributed by atoms with E-state index in [0.29, 0.717) is 0 Å². The lowest BCUT2D eigenvalue weighted by Gasteiger charge is -2.20. The van der Waals surface area contributed by atoms with Gasteiger partial charge in [-0.25, -0.2) is 0 Å². The summed E-state index contributed by atoms with van der Waals surface area (Å²) in [4.78, 5) is 0. The Morgan fingerprint density at radius 3 is 1.96 bits per heavy atom. The molecule has 2 heterocycles. The molecule has 4 rings (SSSR count). The second-order valence-corrected chi connectivity index (χ2v) is 6.40. The Kier molecular flexibility index (Phi) is 4.32. The highest BCUT2D eigenvalue weighted by atomic mass is 15.1. The number of aromatic nitrogens is 2. The third kappa shape index (κ3) is 2.80. The topological polar surface area (TPSA) is 9.86 Å². The van der Waals surface area contributed by atoms with E-state index >= 15 is 0 Å². The standard InChI is InChI=1S/C24H22N2/c1-3-25-22(16-17-24(25)21-13-8-5-9-14-21)19(2)26-18-10-15-23(26)20-11-6-4-7-12-20/h3-19H,1H2,2H3. The molecule has 0 amide bonds. The van der Waals surface area contributed by atoms with Crippen molar-refractivity contribution in [2.45, 2.75) is 13.0 Å². The Morgan fingerprint density at radius 1 is 0.731 bits per heavy atom. The molecule has 128 valence electrons. The van der Waals surface area contributed by atoms with E-state index in [1.807, 2.05) is 12.3 Å². The van der Waals surface area contributed by atoms with Crippen molar-refractivity contribution in [1.29, 1.82) is 0 Å². The summed E-state index contributed by atoms with van der Waals surface area (Å²) in [5, 5.41) is 0. The fraction of sp³-hybridized carbons (Fsp3) is 0.0833. The molecule has 0 saturated carbocycles. The monoisotopic (exact) mass is 338 g/mol.